The summed E-state index contributed by atoms with van der Waals surface area (Å²) in [5, 5.41) is 2.92. The maximum atomic E-state index is 13.9. The molecule has 0 spiro atoms. The van der Waals surface area contributed by atoms with Crippen LogP contribution in [0.4, 0.5) is 5.69 Å². The number of rotatable bonds is 9. The Hall–Kier alpha value is -2.44. The van der Waals surface area contributed by atoms with Crippen molar-refractivity contribution in [3.05, 3.63) is 92.5 Å². The van der Waals surface area contributed by atoms with E-state index in [4.69, 9.17) is 0 Å². The maximum absolute atomic E-state index is 13.9. The fourth-order valence-electron chi connectivity index (χ4n) is 3.74. The Morgan fingerprint density at radius 1 is 0.974 bits per heavy atom. The number of benzene rings is 3. The van der Waals surface area contributed by atoms with E-state index < -0.39 is 34.1 Å². The second kappa shape index (κ2) is 12.6. The number of halogens is 2. The Balaban J connectivity index is 2.02. The summed E-state index contributed by atoms with van der Waals surface area (Å²) in [7, 11) is -4.07. The van der Waals surface area contributed by atoms with Crippen LogP contribution in [-0.4, -0.2) is 43.3 Å². The molecule has 0 heterocycles. The number of hydrogen-bond acceptors (Lipinski definition) is 4. The lowest BCUT2D eigenvalue weighted by Gasteiger charge is -2.33. The van der Waals surface area contributed by atoms with Crippen molar-refractivity contribution >= 4 is 66.0 Å². The zero-order valence-corrected chi connectivity index (χ0v) is 26.2. The highest BCUT2D eigenvalue weighted by atomic mass is 127. The molecule has 2 amide bonds. The molecule has 0 fully saturated rings. The lowest BCUT2D eigenvalue weighted by molar-refractivity contribution is -0.140. The zero-order chi connectivity index (χ0) is 28.1. The third-order valence-electron chi connectivity index (χ3n) is 5.63. The normalized spacial score (nSPS) is 12.5. The largest absolute Gasteiger partial charge is 0.350 e. The van der Waals surface area contributed by atoms with E-state index in [2.05, 4.69) is 43.8 Å². The molecule has 1 N–H and O–H groups in total. The van der Waals surface area contributed by atoms with Crippen molar-refractivity contribution in [3.8, 4) is 0 Å². The standard InChI is InChI=1S/C28H31BrIN3O4S/c1-20(27(35)31-28(2,3)4)32(18-21-9-8-10-22(29)17-21)26(34)19-33(24-15-13-23(30)14-16-24)38(36,37)25-11-6-5-7-12-25/h5-17,20H,18-19H2,1-4H3,(H,31,35)/t20-/m0/s1. The number of carbonyl (C=O) groups excluding carboxylic acids is 2. The van der Waals surface area contributed by atoms with E-state index in [-0.39, 0.29) is 17.3 Å². The Bertz CT molecular complexity index is 1380. The topological polar surface area (TPSA) is 86.8 Å². The molecule has 0 aliphatic carbocycles. The van der Waals surface area contributed by atoms with Gasteiger partial charge in [-0.15, -0.1) is 0 Å². The van der Waals surface area contributed by atoms with E-state index in [9.17, 15) is 18.0 Å². The van der Waals surface area contributed by atoms with E-state index in [0.717, 1.165) is 17.9 Å². The summed E-state index contributed by atoms with van der Waals surface area (Å²) in [4.78, 5) is 28.5. The second-order valence-corrected chi connectivity index (χ2v) is 13.9. The van der Waals surface area contributed by atoms with Gasteiger partial charge in [0.1, 0.15) is 12.6 Å². The molecule has 0 radical (unpaired) electrons. The van der Waals surface area contributed by atoms with Crippen molar-refractivity contribution in [2.45, 2.75) is 50.7 Å². The first-order chi connectivity index (χ1) is 17.8. The minimum absolute atomic E-state index is 0.0726. The minimum Gasteiger partial charge on any atom is -0.350 e. The van der Waals surface area contributed by atoms with Crippen LogP contribution in [0.3, 0.4) is 0 Å². The van der Waals surface area contributed by atoms with Crippen LogP contribution in [0.5, 0.6) is 0 Å². The van der Waals surface area contributed by atoms with Gasteiger partial charge in [0.15, 0.2) is 0 Å². The van der Waals surface area contributed by atoms with Crippen molar-refractivity contribution < 1.29 is 18.0 Å². The number of nitrogens with one attached hydrogen (secondary N) is 1. The second-order valence-electron chi connectivity index (χ2n) is 9.87. The molecule has 0 saturated heterocycles. The van der Waals surface area contributed by atoms with Crippen molar-refractivity contribution in [1.82, 2.24) is 10.2 Å². The fraction of sp³-hybridized carbons (Fsp3) is 0.286. The van der Waals surface area contributed by atoms with Crippen molar-refractivity contribution in [2.75, 3.05) is 10.8 Å². The van der Waals surface area contributed by atoms with Gasteiger partial charge in [-0.25, -0.2) is 8.42 Å². The molecule has 0 aliphatic heterocycles. The summed E-state index contributed by atoms with van der Waals surface area (Å²) in [6, 6.07) is 21.5. The fourth-order valence-corrected chi connectivity index (χ4v) is 5.99. The van der Waals surface area contributed by atoms with Gasteiger partial charge in [0.25, 0.3) is 10.0 Å². The van der Waals surface area contributed by atoms with Crippen LogP contribution in [0.25, 0.3) is 0 Å². The monoisotopic (exact) mass is 711 g/mol. The summed E-state index contributed by atoms with van der Waals surface area (Å²) in [5.41, 5.74) is 0.659. The molecule has 3 rings (SSSR count). The van der Waals surface area contributed by atoms with Gasteiger partial charge in [0.05, 0.1) is 10.6 Å². The van der Waals surface area contributed by atoms with Crippen molar-refractivity contribution in [1.29, 1.82) is 0 Å². The lowest BCUT2D eigenvalue weighted by Crippen LogP contribution is -2.54. The van der Waals surface area contributed by atoms with Gasteiger partial charge < -0.3 is 10.2 Å². The zero-order valence-electron chi connectivity index (χ0n) is 21.7. The van der Waals surface area contributed by atoms with E-state index in [1.165, 1.54) is 17.0 Å². The van der Waals surface area contributed by atoms with Crippen LogP contribution in [0.15, 0.2) is 88.2 Å². The number of nitrogens with zero attached hydrogens (tertiary/aromatic N) is 2. The van der Waals surface area contributed by atoms with E-state index >= 15 is 0 Å². The molecule has 1 atom stereocenters. The minimum atomic E-state index is -4.07. The predicted molar refractivity (Wildman–Crippen MR) is 162 cm³/mol. The first kappa shape index (κ1) is 30.1. The number of sulfonamides is 1. The van der Waals surface area contributed by atoms with Crippen LogP contribution in [0.1, 0.15) is 33.3 Å². The van der Waals surface area contributed by atoms with Crippen molar-refractivity contribution in [2.24, 2.45) is 0 Å². The van der Waals surface area contributed by atoms with Crippen LogP contribution < -0.4 is 9.62 Å². The molecule has 3 aromatic rings. The Labute approximate surface area is 246 Å². The summed E-state index contributed by atoms with van der Waals surface area (Å²) in [6.45, 7) is 6.90. The number of hydrogen-bond donors (Lipinski definition) is 1. The van der Waals surface area contributed by atoms with Gasteiger partial charge in [-0.1, -0.05) is 46.3 Å². The third-order valence-corrected chi connectivity index (χ3v) is 8.63. The summed E-state index contributed by atoms with van der Waals surface area (Å²) >= 11 is 5.59. The Kier molecular flexibility index (Phi) is 9.99. The van der Waals surface area contributed by atoms with Gasteiger partial charge in [0.2, 0.25) is 11.8 Å². The van der Waals surface area contributed by atoms with Gasteiger partial charge in [0, 0.05) is 20.1 Å². The quantitative estimate of drug-likeness (QED) is 0.294. The lowest BCUT2D eigenvalue weighted by atomic mass is 10.1. The molecule has 10 heteroatoms. The highest BCUT2D eigenvalue weighted by Gasteiger charge is 2.33. The van der Waals surface area contributed by atoms with E-state index in [0.29, 0.717) is 5.69 Å². The van der Waals surface area contributed by atoms with Gasteiger partial charge >= 0.3 is 0 Å². The van der Waals surface area contributed by atoms with Gasteiger partial charge in [-0.05, 0) is 104 Å². The van der Waals surface area contributed by atoms with Crippen LogP contribution in [-0.2, 0) is 26.2 Å². The average molecular weight is 712 g/mol. The Morgan fingerprint density at radius 2 is 1.61 bits per heavy atom. The number of amides is 2. The first-order valence-electron chi connectivity index (χ1n) is 12.0. The van der Waals surface area contributed by atoms with Crippen LogP contribution in [0, 0.1) is 3.57 Å². The van der Waals surface area contributed by atoms with Crippen LogP contribution >= 0.6 is 38.5 Å². The molecule has 0 aromatic heterocycles. The number of carbonyl (C=O) groups is 2. The molecule has 0 unspecified atom stereocenters. The third kappa shape index (κ3) is 8.03. The molecule has 0 bridgehead atoms. The summed E-state index contributed by atoms with van der Waals surface area (Å²) in [5.74, 6) is -0.827. The molecule has 38 heavy (non-hydrogen) atoms. The Morgan fingerprint density at radius 3 is 2.18 bits per heavy atom. The predicted octanol–water partition coefficient (Wildman–Crippen LogP) is 5.58. The van der Waals surface area contributed by atoms with E-state index in [1.54, 1.807) is 49.4 Å². The number of anilines is 1. The van der Waals surface area contributed by atoms with Gasteiger partial charge in [-0.3, -0.25) is 13.9 Å². The SMILES string of the molecule is C[C@@H](C(=O)NC(C)(C)C)N(Cc1cccc(Br)c1)C(=O)CN(c1ccc(I)cc1)S(=O)(=O)c1ccccc1. The molecule has 0 saturated carbocycles. The highest BCUT2D eigenvalue weighted by Crippen LogP contribution is 2.25. The molecule has 3 aromatic carbocycles. The molecule has 0 aliphatic rings. The van der Waals surface area contributed by atoms with E-state index in [1.807, 2.05) is 45.0 Å². The molecular formula is C28H31BrIN3O4S. The maximum Gasteiger partial charge on any atom is 0.264 e. The first-order valence-corrected chi connectivity index (χ1v) is 15.3. The highest BCUT2D eigenvalue weighted by molar-refractivity contribution is 14.1. The smallest absolute Gasteiger partial charge is 0.264 e. The molecule has 202 valence electrons. The summed E-state index contributed by atoms with van der Waals surface area (Å²) in [6.07, 6.45) is 0. The van der Waals surface area contributed by atoms with Crippen molar-refractivity contribution in [3.63, 3.8) is 0 Å². The molecular weight excluding hydrogens is 681 g/mol. The summed E-state index contributed by atoms with van der Waals surface area (Å²) < 4.78 is 30.3. The molecule has 7 nitrogen and oxygen atoms in total. The van der Waals surface area contributed by atoms with Gasteiger partial charge in [-0.2, -0.15) is 0 Å². The average Bonchev–Trinajstić information content (AvgIpc) is 2.85. The van der Waals surface area contributed by atoms with Crippen LogP contribution in [0.2, 0.25) is 0 Å².